The molecule has 0 aliphatic carbocycles. The van der Waals surface area contributed by atoms with Crippen LogP contribution in [0.15, 0.2) is 23.0 Å². The summed E-state index contributed by atoms with van der Waals surface area (Å²) in [5, 5.41) is 12.0. The van der Waals surface area contributed by atoms with Gasteiger partial charge in [-0.05, 0) is 38.0 Å². The number of carbonyl (C=O) groups is 1. The Balaban J connectivity index is 2.04. The largest absolute Gasteiger partial charge is 0.481 e. The monoisotopic (exact) mass is 277 g/mol. The summed E-state index contributed by atoms with van der Waals surface area (Å²) in [6.45, 7) is 3.99. The average Bonchev–Trinajstić information content (AvgIpc) is 2.75. The minimum absolute atomic E-state index is 0.0848. The fourth-order valence-electron chi connectivity index (χ4n) is 2.27. The van der Waals surface area contributed by atoms with E-state index in [9.17, 15) is 9.59 Å². The molecule has 0 aliphatic heterocycles. The summed E-state index contributed by atoms with van der Waals surface area (Å²) >= 11 is 0. The molecule has 0 saturated heterocycles. The van der Waals surface area contributed by atoms with Crippen molar-refractivity contribution in [2.24, 2.45) is 0 Å². The number of hydrogen-bond acceptors (Lipinski definition) is 3. The average molecular weight is 277 g/mol. The molecular weight excluding hydrogens is 258 g/mol. The lowest BCUT2D eigenvalue weighted by Gasteiger charge is -2.20. The third-order valence-corrected chi connectivity index (χ3v) is 3.37. The van der Waals surface area contributed by atoms with Crippen LogP contribution in [0.5, 0.6) is 0 Å². The van der Waals surface area contributed by atoms with Gasteiger partial charge in [0.15, 0.2) is 0 Å². The second-order valence-corrected chi connectivity index (χ2v) is 5.11. The van der Waals surface area contributed by atoms with Gasteiger partial charge in [-0.3, -0.25) is 4.79 Å². The maximum Gasteiger partial charge on any atom is 0.323 e. The lowest BCUT2D eigenvalue weighted by Crippen LogP contribution is -2.29. The van der Waals surface area contributed by atoms with Crippen molar-refractivity contribution in [3.8, 4) is 0 Å². The smallest absolute Gasteiger partial charge is 0.323 e. The van der Waals surface area contributed by atoms with Gasteiger partial charge in [-0.25, -0.2) is 4.79 Å². The fourth-order valence-corrected chi connectivity index (χ4v) is 2.27. The third kappa shape index (κ3) is 3.48. The number of aromatic nitrogens is 2. The van der Waals surface area contributed by atoms with Gasteiger partial charge in [0.05, 0.1) is 11.0 Å². The zero-order valence-corrected chi connectivity index (χ0v) is 11.6. The minimum Gasteiger partial charge on any atom is -0.481 e. The molecule has 6 nitrogen and oxygen atoms in total. The molecule has 2 unspecified atom stereocenters. The number of aromatic amines is 2. The number of carboxylic acid groups (broad SMARTS) is 1. The summed E-state index contributed by atoms with van der Waals surface area (Å²) in [4.78, 5) is 27.2. The Bertz CT molecular complexity index is 659. The Morgan fingerprint density at radius 1 is 1.30 bits per heavy atom. The molecule has 2 aromatic rings. The molecular formula is C14H19N3O3. The molecule has 2 rings (SSSR count). The maximum atomic E-state index is 11.2. The summed E-state index contributed by atoms with van der Waals surface area (Å²) in [6, 6.07) is 5.94. The van der Waals surface area contributed by atoms with Crippen molar-refractivity contribution in [1.82, 2.24) is 15.3 Å². The number of hydrogen-bond donors (Lipinski definition) is 4. The molecule has 0 radical (unpaired) electrons. The van der Waals surface area contributed by atoms with Crippen LogP contribution >= 0.6 is 0 Å². The number of benzene rings is 1. The van der Waals surface area contributed by atoms with Gasteiger partial charge in [0.25, 0.3) is 0 Å². The van der Waals surface area contributed by atoms with E-state index in [0.717, 1.165) is 16.6 Å². The van der Waals surface area contributed by atoms with Crippen molar-refractivity contribution in [2.75, 3.05) is 0 Å². The summed E-state index contributed by atoms with van der Waals surface area (Å²) in [5.74, 6) is -0.780. The molecule has 0 amide bonds. The lowest BCUT2D eigenvalue weighted by atomic mass is 10.1. The van der Waals surface area contributed by atoms with Crippen LogP contribution in [0.2, 0.25) is 0 Å². The molecule has 0 bridgehead atoms. The van der Waals surface area contributed by atoms with Crippen molar-refractivity contribution < 1.29 is 9.90 Å². The Kier molecular flexibility index (Phi) is 4.24. The first-order valence-corrected chi connectivity index (χ1v) is 6.65. The highest BCUT2D eigenvalue weighted by Gasteiger charge is 2.11. The number of imidazole rings is 1. The van der Waals surface area contributed by atoms with Crippen LogP contribution < -0.4 is 11.0 Å². The quantitative estimate of drug-likeness (QED) is 0.646. The SMILES string of the molecule is CC(CCC(=O)O)NC(C)c1ccc2[nH]c(=O)[nH]c2c1. The second kappa shape index (κ2) is 5.92. The number of nitrogens with one attached hydrogen (secondary N) is 3. The van der Waals surface area contributed by atoms with Crippen LogP contribution in [0.3, 0.4) is 0 Å². The van der Waals surface area contributed by atoms with E-state index < -0.39 is 5.97 Å². The molecule has 4 N–H and O–H groups in total. The normalized spacial score (nSPS) is 14.3. The van der Waals surface area contributed by atoms with Gasteiger partial charge >= 0.3 is 11.7 Å². The first-order valence-electron chi connectivity index (χ1n) is 6.65. The van der Waals surface area contributed by atoms with Gasteiger partial charge in [0.1, 0.15) is 0 Å². The highest BCUT2D eigenvalue weighted by Crippen LogP contribution is 2.18. The molecule has 20 heavy (non-hydrogen) atoms. The fraction of sp³-hybridized carbons (Fsp3) is 0.429. The lowest BCUT2D eigenvalue weighted by molar-refractivity contribution is -0.137. The molecule has 0 saturated carbocycles. The van der Waals surface area contributed by atoms with E-state index in [1.54, 1.807) is 0 Å². The topological polar surface area (TPSA) is 98.0 Å². The molecule has 1 heterocycles. The van der Waals surface area contributed by atoms with Gasteiger partial charge in [-0.1, -0.05) is 6.07 Å². The number of aliphatic carboxylic acids is 1. The summed E-state index contributed by atoms with van der Waals surface area (Å²) in [7, 11) is 0. The first-order chi connectivity index (χ1) is 9.45. The molecule has 6 heteroatoms. The number of carboxylic acids is 1. The summed E-state index contributed by atoms with van der Waals surface area (Å²) in [6.07, 6.45) is 0.744. The Morgan fingerprint density at radius 2 is 2.00 bits per heavy atom. The first kappa shape index (κ1) is 14.3. The molecule has 2 atom stereocenters. The number of H-pyrrole nitrogens is 2. The maximum absolute atomic E-state index is 11.2. The van der Waals surface area contributed by atoms with E-state index in [4.69, 9.17) is 5.11 Å². The van der Waals surface area contributed by atoms with Crippen LogP contribution in [0, 0.1) is 0 Å². The van der Waals surface area contributed by atoms with Crippen molar-refractivity contribution >= 4 is 17.0 Å². The van der Waals surface area contributed by atoms with Gasteiger partial charge < -0.3 is 20.4 Å². The predicted octanol–water partition coefficient (Wildman–Crippen LogP) is 1.76. The minimum atomic E-state index is -0.780. The zero-order chi connectivity index (χ0) is 14.7. The van der Waals surface area contributed by atoms with Crippen molar-refractivity contribution in [2.45, 2.75) is 38.8 Å². The molecule has 1 aromatic heterocycles. The number of fused-ring (bicyclic) bond motifs is 1. The highest BCUT2D eigenvalue weighted by atomic mass is 16.4. The van der Waals surface area contributed by atoms with Crippen molar-refractivity contribution in [3.63, 3.8) is 0 Å². The molecule has 1 aromatic carbocycles. The third-order valence-electron chi connectivity index (χ3n) is 3.37. The van der Waals surface area contributed by atoms with Crippen LogP contribution in [0.25, 0.3) is 11.0 Å². The van der Waals surface area contributed by atoms with Crippen LogP contribution in [-0.2, 0) is 4.79 Å². The van der Waals surface area contributed by atoms with Gasteiger partial charge in [0.2, 0.25) is 0 Å². The standard InChI is InChI=1S/C14H19N3O3/c1-8(3-6-13(18)19)15-9(2)10-4-5-11-12(7-10)17-14(20)16-11/h4-5,7-9,15H,3,6H2,1-2H3,(H,18,19)(H2,16,17,20). The van der Waals surface area contributed by atoms with Crippen LogP contribution in [0.4, 0.5) is 0 Å². The molecule has 108 valence electrons. The summed E-state index contributed by atoms with van der Waals surface area (Å²) < 4.78 is 0. The van der Waals surface area contributed by atoms with Gasteiger partial charge in [-0.2, -0.15) is 0 Å². The Morgan fingerprint density at radius 3 is 2.70 bits per heavy atom. The molecule has 0 fully saturated rings. The van der Waals surface area contributed by atoms with Crippen LogP contribution in [0.1, 0.15) is 38.3 Å². The van der Waals surface area contributed by atoms with E-state index in [2.05, 4.69) is 15.3 Å². The summed E-state index contributed by atoms with van der Waals surface area (Å²) in [5.41, 5.74) is 2.40. The van der Waals surface area contributed by atoms with E-state index in [-0.39, 0.29) is 24.2 Å². The second-order valence-electron chi connectivity index (χ2n) is 5.11. The van der Waals surface area contributed by atoms with E-state index in [1.165, 1.54) is 0 Å². The molecule has 0 spiro atoms. The number of rotatable bonds is 6. The highest BCUT2D eigenvalue weighted by molar-refractivity contribution is 5.75. The van der Waals surface area contributed by atoms with E-state index in [1.807, 2.05) is 32.0 Å². The van der Waals surface area contributed by atoms with Crippen LogP contribution in [-0.4, -0.2) is 27.1 Å². The Hall–Kier alpha value is -2.08. The van der Waals surface area contributed by atoms with E-state index in [0.29, 0.717) is 6.42 Å². The van der Waals surface area contributed by atoms with Gasteiger partial charge in [0, 0.05) is 18.5 Å². The zero-order valence-electron chi connectivity index (χ0n) is 11.6. The predicted molar refractivity (Wildman–Crippen MR) is 76.8 cm³/mol. The van der Waals surface area contributed by atoms with Gasteiger partial charge in [-0.15, -0.1) is 0 Å². The molecule has 0 aliphatic rings. The van der Waals surface area contributed by atoms with Crippen molar-refractivity contribution in [1.29, 1.82) is 0 Å². The Labute approximate surface area is 116 Å². The van der Waals surface area contributed by atoms with E-state index >= 15 is 0 Å². The van der Waals surface area contributed by atoms with Crippen molar-refractivity contribution in [3.05, 3.63) is 34.2 Å².